The van der Waals surface area contributed by atoms with Crippen LogP contribution < -0.4 is 11.1 Å². The summed E-state index contributed by atoms with van der Waals surface area (Å²) in [6, 6.07) is 7.75. The number of anilines is 1. The molecule has 1 heterocycles. The molecule has 2 rings (SSSR count). The zero-order chi connectivity index (χ0) is 15.2. The van der Waals surface area contributed by atoms with Gasteiger partial charge in [-0.1, -0.05) is 29.8 Å². The van der Waals surface area contributed by atoms with E-state index in [9.17, 15) is 4.79 Å². The monoisotopic (exact) mass is 323 g/mol. The lowest BCUT2D eigenvalue weighted by Crippen LogP contribution is -2.19. The van der Waals surface area contributed by atoms with E-state index >= 15 is 0 Å². The Labute approximate surface area is 133 Å². The zero-order valence-electron chi connectivity index (χ0n) is 11.8. The van der Waals surface area contributed by atoms with Gasteiger partial charge in [0.15, 0.2) is 5.13 Å². The quantitative estimate of drug-likeness (QED) is 0.855. The SMILES string of the molecule is CC(N)CCC(=O)Nc1ncc(Cc2ccccc2Cl)s1. The van der Waals surface area contributed by atoms with Crippen LogP contribution in [0.1, 0.15) is 30.2 Å². The van der Waals surface area contributed by atoms with Gasteiger partial charge in [0.05, 0.1) is 0 Å². The van der Waals surface area contributed by atoms with E-state index in [2.05, 4.69) is 10.3 Å². The molecular formula is C15H18ClN3OS. The number of rotatable bonds is 6. The van der Waals surface area contributed by atoms with Crippen molar-refractivity contribution in [3.8, 4) is 0 Å². The largest absolute Gasteiger partial charge is 0.328 e. The highest BCUT2D eigenvalue weighted by Crippen LogP contribution is 2.24. The molecule has 0 aliphatic carbocycles. The Balaban J connectivity index is 1.92. The molecule has 1 unspecified atom stereocenters. The van der Waals surface area contributed by atoms with E-state index in [0.717, 1.165) is 15.5 Å². The van der Waals surface area contributed by atoms with Crippen LogP contribution in [-0.2, 0) is 11.2 Å². The number of nitrogens with one attached hydrogen (secondary N) is 1. The molecule has 0 spiro atoms. The molecule has 0 bridgehead atoms. The van der Waals surface area contributed by atoms with E-state index in [0.29, 0.717) is 24.4 Å². The number of hydrogen-bond acceptors (Lipinski definition) is 4. The second kappa shape index (κ2) is 7.54. The maximum atomic E-state index is 11.7. The third-order valence-corrected chi connectivity index (χ3v) is 4.23. The molecule has 0 saturated carbocycles. The Morgan fingerprint density at radius 2 is 2.24 bits per heavy atom. The van der Waals surface area contributed by atoms with Crippen molar-refractivity contribution < 1.29 is 4.79 Å². The lowest BCUT2D eigenvalue weighted by Gasteiger charge is -2.04. The van der Waals surface area contributed by atoms with Crippen LogP contribution in [0.4, 0.5) is 5.13 Å². The first-order chi connectivity index (χ1) is 10.0. The van der Waals surface area contributed by atoms with Gasteiger partial charge in [-0.15, -0.1) is 11.3 Å². The van der Waals surface area contributed by atoms with Crippen LogP contribution in [0.5, 0.6) is 0 Å². The van der Waals surface area contributed by atoms with Gasteiger partial charge >= 0.3 is 0 Å². The van der Waals surface area contributed by atoms with E-state index in [1.54, 1.807) is 6.20 Å². The molecule has 2 aromatic rings. The van der Waals surface area contributed by atoms with E-state index in [1.165, 1.54) is 11.3 Å². The number of nitrogens with zero attached hydrogens (tertiary/aromatic N) is 1. The van der Waals surface area contributed by atoms with Crippen molar-refractivity contribution in [2.24, 2.45) is 5.73 Å². The van der Waals surface area contributed by atoms with Crippen molar-refractivity contribution in [1.29, 1.82) is 0 Å². The topological polar surface area (TPSA) is 68.0 Å². The van der Waals surface area contributed by atoms with Crippen LogP contribution in [-0.4, -0.2) is 16.9 Å². The molecule has 3 N–H and O–H groups in total. The fourth-order valence-corrected chi connectivity index (χ4v) is 2.87. The van der Waals surface area contributed by atoms with E-state index in [4.69, 9.17) is 17.3 Å². The van der Waals surface area contributed by atoms with Crippen LogP contribution in [0.25, 0.3) is 0 Å². The summed E-state index contributed by atoms with van der Waals surface area (Å²) in [4.78, 5) is 17.0. The Morgan fingerprint density at radius 1 is 1.48 bits per heavy atom. The first kappa shape index (κ1) is 15.9. The van der Waals surface area contributed by atoms with Crippen molar-refractivity contribution in [3.05, 3.63) is 45.9 Å². The van der Waals surface area contributed by atoms with Crippen molar-refractivity contribution >= 4 is 34.0 Å². The molecule has 6 heteroatoms. The highest BCUT2D eigenvalue weighted by Gasteiger charge is 2.09. The summed E-state index contributed by atoms with van der Waals surface area (Å²) >= 11 is 7.60. The minimum absolute atomic E-state index is 0.0304. The van der Waals surface area contributed by atoms with Gasteiger partial charge in [0, 0.05) is 35.0 Å². The Kier molecular flexibility index (Phi) is 5.73. The summed E-state index contributed by atoms with van der Waals surface area (Å²) in [7, 11) is 0. The molecule has 0 radical (unpaired) electrons. The van der Waals surface area contributed by atoms with E-state index in [-0.39, 0.29) is 11.9 Å². The van der Waals surface area contributed by atoms with Gasteiger partial charge in [0.1, 0.15) is 0 Å². The summed E-state index contributed by atoms with van der Waals surface area (Å²) in [5.41, 5.74) is 6.69. The Bertz CT molecular complexity index is 612. The molecule has 0 aliphatic heterocycles. The van der Waals surface area contributed by atoms with Crippen molar-refractivity contribution in [2.75, 3.05) is 5.32 Å². The van der Waals surface area contributed by atoms with Gasteiger partial charge in [-0.05, 0) is 25.0 Å². The summed E-state index contributed by atoms with van der Waals surface area (Å²) in [5.74, 6) is -0.0501. The number of amides is 1. The second-order valence-corrected chi connectivity index (χ2v) is 6.49. The number of carbonyl (C=O) groups is 1. The van der Waals surface area contributed by atoms with Crippen LogP contribution >= 0.6 is 22.9 Å². The fourth-order valence-electron chi connectivity index (χ4n) is 1.82. The van der Waals surface area contributed by atoms with Gasteiger partial charge in [-0.3, -0.25) is 4.79 Å². The number of hydrogen-bond donors (Lipinski definition) is 2. The second-order valence-electron chi connectivity index (χ2n) is 4.96. The van der Waals surface area contributed by atoms with Crippen molar-refractivity contribution in [2.45, 2.75) is 32.2 Å². The predicted molar refractivity (Wildman–Crippen MR) is 87.9 cm³/mol. The Morgan fingerprint density at radius 3 is 2.95 bits per heavy atom. The smallest absolute Gasteiger partial charge is 0.226 e. The third-order valence-electron chi connectivity index (χ3n) is 2.95. The minimum atomic E-state index is -0.0501. The number of thiazole rings is 1. The van der Waals surface area contributed by atoms with Gasteiger partial charge in [0.2, 0.25) is 5.91 Å². The average molecular weight is 324 g/mol. The van der Waals surface area contributed by atoms with Crippen LogP contribution in [0.3, 0.4) is 0 Å². The van der Waals surface area contributed by atoms with Gasteiger partial charge in [0.25, 0.3) is 0 Å². The molecule has 4 nitrogen and oxygen atoms in total. The normalized spacial score (nSPS) is 12.1. The maximum Gasteiger partial charge on any atom is 0.226 e. The standard InChI is InChI=1S/C15H18ClN3OS/c1-10(17)6-7-14(20)19-15-18-9-12(21-15)8-11-4-2-3-5-13(11)16/h2-5,9-10H,6-8,17H2,1H3,(H,18,19,20). The van der Waals surface area contributed by atoms with Gasteiger partial charge in [-0.2, -0.15) is 0 Å². The molecule has 1 amide bonds. The number of benzene rings is 1. The molecule has 1 aromatic heterocycles. The molecule has 21 heavy (non-hydrogen) atoms. The molecule has 112 valence electrons. The van der Waals surface area contributed by atoms with Crippen LogP contribution in [0, 0.1) is 0 Å². The summed E-state index contributed by atoms with van der Waals surface area (Å²) in [6.45, 7) is 1.89. The summed E-state index contributed by atoms with van der Waals surface area (Å²) in [6.07, 6.45) is 3.57. The molecule has 1 atom stereocenters. The minimum Gasteiger partial charge on any atom is -0.328 e. The molecule has 0 aliphatic rings. The van der Waals surface area contributed by atoms with Gasteiger partial charge in [-0.25, -0.2) is 4.98 Å². The maximum absolute atomic E-state index is 11.7. The predicted octanol–water partition coefficient (Wildman–Crippen LogP) is 3.45. The molecule has 1 aromatic carbocycles. The van der Waals surface area contributed by atoms with Crippen molar-refractivity contribution in [3.63, 3.8) is 0 Å². The fraction of sp³-hybridized carbons (Fsp3) is 0.333. The molecule has 0 saturated heterocycles. The molecule has 0 fully saturated rings. The highest BCUT2D eigenvalue weighted by molar-refractivity contribution is 7.15. The lowest BCUT2D eigenvalue weighted by molar-refractivity contribution is -0.116. The first-order valence-electron chi connectivity index (χ1n) is 6.78. The lowest BCUT2D eigenvalue weighted by atomic mass is 10.1. The number of halogens is 1. The van der Waals surface area contributed by atoms with Gasteiger partial charge < -0.3 is 11.1 Å². The summed E-state index contributed by atoms with van der Waals surface area (Å²) in [5, 5.41) is 4.16. The van der Waals surface area contributed by atoms with E-state index in [1.807, 2.05) is 31.2 Å². The van der Waals surface area contributed by atoms with Crippen LogP contribution in [0.15, 0.2) is 30.5 Å². The highest BCUT2D eigenvalue weighted by atomic mass is 35.5. The van der Waals surface area contributed by atoms with Crippen LogP contribution in [0.2, 0.25) is 5.02 Å². The molecular weight excluding hydrogens is 306 g/mol. The number of nitrogens with two attached hydrogens (primary N) is 1. The zero-order valence-corrected chi connectivity index (χ0v) is 13.4. The van der Waals surface area contributed by atoms with E-state index < -0.39 is 0 Å². The van der Waals surface area contributed by atoms with Crippen molar-refractivity contribution in [1.82, 2.24) is 4.98 Å². The average Bonchev–Trinajstić information content (AvgIpc) is 2.86. The first-order valence-corrected chi connectivity index (χ1v) is 7.97. The number of aromatic nitrogens is 1. The summed E-state index contributed by atoms with van der Waals surface area (Å²) < 4.78 is 0. The number of carbonyl (C=O) groups excluding carboxylic acids is 1. The third kappa shape index (κ3) is 5.12. The Hall–Kier alpha value is -1.43.